The molecule has 4 nitrogen and oxygen atoms in total. The molecule has 3 rings (SSSR count). The van der Waals surface area contributed by atoms with Gasteiger partial charge in [-0.3, -0.25) is 4.79 Å². The summed E-state index contributed by atoms with van der Waals surface area (Å²) < 4.78 is 6.59. The third-order valence-corrected chi connectivity index (χ3v) is 5.14. The molecule has 0 saturated heterocycles. The largest absolute Gasteiger partial charge is 0.483 e. The molecule has 2 aromatic rings. The number of ether oxygens (including phenoxy) is 1. The van der Waals surface area contributed by atoms with Crippen LogP contribution in [0.5, 0.6) is 5.75 Å². The molecule has 0 atom stereocenters. The lowest BCUT2D eigenvalue weighted by molar-refractivity contribution is -0.123. The minimum atomic E-state index is -0.317. The molecule has 25 heavy (non-hydrogen) atoms. The maximum absolute atomic E-state index is 11.9. The van der Waals surface area contributed by atoms with Gasteiger partial charge in [0.15, 0.2) is 6.61 Å². The molecule has 0 bridgehead atoms. The van der Waals surface area contributed by atoms with Crippen molar-refractivity contribution in [2.24, 2.45) is 5.10 Å². The third kappa shape index (κ3) is 4.83. The molecule has 0 aliphatic heterocycles. The number of hydrogen-bond acceptors (Lipinski definition) is 3. The van der Waals surface area contributed by atoms with E-state index in [4.69, 9.17) is 16.3 Å². The zero-order chi connectivity index (χ0) is 17.6. The second kappa shape index (κ2) is 8.50. The van der Waals surface area contributed by atoms with E-state index in [2.05, 4.69) is 32.5 Å². The first-order valence-corrected chi connectivity index (χ1v) is 9.31. The van der Waals surface area contributed by atoms with Gasteiger partial charge in [0.2, 0.25) is 0 Å². The van der Waals surface area contributed by atoms with Crippen LogP contribution in [0.25, 0.3) is 0 Å². The quantitative estimate of drug-likeness (QED) is 0.570. The fourth-order valence-electron chi connectivity index (χ4n) is 2.81. The molecule has 0 radical (unpaired) electrons. The number of hydrazone groups is 1. The maximum atomic E-state index is 11.9. The molecule has 0 heterocycles. The molecule has 1 aliphatic carbocycles. The van der Waals surface area contributed by atoms with E-state index < -0.39 is 0 Å². The summed E-state index contributed by atoms with van der Waals surface area (Å²) >= 11 is 9.50. The van der Waals surface area contributed by atoms with Gasteiger partial charge in [-0.2, -0.15) is 5.10 Å². The number of fused-ring (bicyclic) bond motifs is 1. The fourth-order valence-corrected chi connectivity index (χ4v) is 3.71. The van der Waals surface area contributed by atoms with Crippen molar-refractivity contribution < 1.29 is 9.53 Å². The highest BCUT2D eigenvalue weighted by atomic mass is 79.9. The van der Waals surface area contributed by atoms with E-state index in [0.717, 1.165) is 22.9 Å². The van der Waals surface area contributed by atoms with E-state index in [1.807, 2.05) is 18.2 Å². The molecule has 130 valence electrons. The summed E-state index contributed by atoms with van der Waals surface area (Å²) in [6.07, 6.45) is 6.11. The van der Waals surface area contributed by atoms with E-state index >= 15 is 0 Å². The summed E-state index contributed by atoms with van der Waals surface area (Å²) in [5.74, 6) is 0.373. The first kappa shape index (κ1) is 18.0. The molecule has 1 N–H and O–H groups in total. The summed E-state index contributed by atoms with van der Waals surface area (Å²) in [6, 6.07) is 11.2. The van der Waals surface area contributed by atoms with Crippen LogP contribution in [-0.2, 0) is 17.6 Å². The van der Waals surface area contributed by atoms with Crippen LogP contribution in [0.2, 0.25) is 5.02 Å². The van der Waals surface area contributed by atoms with Crippen LogP contribution in [-0.4, -0.2) is 18.7 Å². The highest BCUT2D eigenvalue weighted by molar-refractivity contribution is 9.10. The Bertz CT molecular complexity index is 808. The van der Waals surface area contributed by atoms with Crippen molar-refractivity contribution in [1.82, 2.24) is 5.43 Å². The lowest BCUT2D eigenvalue weighted by Crippen LogP contribution is -2.24. The first-order chi connectivity index (χ1) is 12.1. The van der Waals surface area contributed by atoms with Gasteiger partial charge in [0.05, 0.1) is 10.7 Å². The van der Waals surface area contributed by atoms with Crippen LogP contribution >= 0.6 is 27.5 Å². The summed E-state index contributed by atoms with van der Waals surface area (Å²) in [5, 5.41) is 4.53. The van der Waals surface area contributed by atoms with Gasteiger partial charge in [-0.05, 0) is 76.5 Å². The molecular weight excluding hydrogens is 404 g/mol. The normalized spacial score (nSPS) is 13.5. The number of carbonyl (C=O) groups is 1. The van der Waals surface area contributed by atoms with Crippen LogP contribution in [0.1, 0.15) is 29.5 Å². The topological polar surface area (TPSA) is 50.7 Å². The number of aryl methyl sites for hydroxylation is 1. The monoisotopic (exact) mass is 420 g/mol. The third-order valence-electron chi connectivity index (χ3n) is 4.04. The number of amides is 1. The van der Waals surface area contributed by atoms with Crippen molar-refractivity contribution in [3.8, 4) is 5.75 Å². The van der Waals surface area contributed by atoms with Gasteiger partial charge in [-0.15, -0.1) is 0 Å². The number of rotatable bonds is 5. The van der Waals surface area contributed by atoms with Crippen LogP contribution < -0.4 is 10.2 Å². The minimum Gasteiger partial charge on any atom is -0.483 e. The second-order valence-corrected chi connectivity index (χ2v) is 7.09. The van der Waals surface area contributed by atoms with E-state index in [-0.39, 0.29) is 12.5 Å². The number of nitrogens with zero attached hydrogens (tertiary/aromatic N) is 1. The molecule has 0 aromatic heterocycles. The molecule has 0 fully saturated rings. The average molecular weight is 422 g/mol. The number of benzene rings is 2. The summed E-state index contributed by atoms with van der Waals surface area (Å²) in [5.41, 5.74) is 5.92. The van der Waals surface area contributed by atoms with E-state index in [9.17, 15) is 4.79 Å². The van der Waals surface area contributed by atoms with Gasteiger partial charge < -0.3 is 4.74 Å². The van der Waals surface area contributed by atoms with Crippen molar-refractivity contribution in [2.75, 3.05) is 6.61 Å². The smallest absolute Gasteiger partial charge is 0.277 e. The number of hydrogen-bond donors (Lipinski definition) is 1. The van der Waals surface area contributed by atoms with Crippen LogP contribution in [0, 0.1) is 0 Å². The average Bonchev–Trinajstić information content (AvgIpc) is 2.61. The number of nitrogens with one attached hydrogen (secondary N) is 1. The highest BCUT2D eigenvalue weighted by Gasteiger charge is 2.16. The minimum absolute atomic E-state index is 0.0930. The zero-order valence-electron chi connectivity index (χ0n) is 13.6. The second-order valence-electron chi connectivity index (χ2n) is 5.86. The van der Waals surface area contributed by atoms with Crippen LogP contribution in [0.3, 0.4) is 0 Å². The zero-order valence-corrected chi connectivity index (χ0v) is 15.9. The van der Waals surface area contributed by atoms with Crippen molar-refractivity contribution in [3.05, 3.63) is 62.6 Å². The van der Waals surface area contributed by atoms with E-state index in [1.165, 1.54) is 24.0 Å². The number of carbonyl (C=O) groups excluding carboxylic acids is 1. The molecule has 0 saturated carbocycles. The van der Waals surface area contributed by atoms with Gasteiger partial charge in [0.1, 0.15) is 5.75 Å². The maximum Gasteiger partial charge on any atom is 0.277 e. The number of halogens is 2. The Labute approximate surface area is 160 Å². The molecular formula is C19H18BrClN2O2. The first-order valence-electron chi connectivity index (χ1n) is 8.14. The molecule has 1 aliphatic rings. The molecule has 2 aromatic carbocycles. The van der Waals surface area contributed by atoms with Gasteiger partial charge in [-0.25, -0.2) is 5.43 Å². The Balaban J connectivity index is 1.54. The molecule has 0 spiro atoms. The van der Waals surface area contributed by atoms with Crippen LogP contribution in [0.15, 0.2) is 46.0 Å². The standard InChI is InChI=1S/C19H18BrClN2O2/c20-19-16-7-2-1-5-14(16)8-9-17(19)25-12-18(24)23-22-11-13-4-3-6-15(21)10-13/h3-4,6,8-11H,1-2,5,7,12H2,(H,23,24)/b22-11-. The predicted octanol–water partition coefficient (Wildman–Crippen LogP) is 4.51. The SMILES string of the molecule is O=C(COc1ccc2c(c1Br)CCCC2)N/N=C\c1cccc(Cl)c1. The van der Waals surface area contributed by atoms with Gasteiger partial charge in [0.25, 0.3) is 5.91 Å². The molecule has 0 unspecified atom stereocenters. The summed E-state index contributed by atoms with van der Waals surface area (Å²) in [4.78, 5) is 11.9. The fraction of sp³-hybridized carbons (Fsp3) is 0.263. The Kier molecular flexibility index (Phi) is 6.10. The Hall–Kier alpha value is -1.85. The van der Waals surface area contributed by atoms with Crippen molar-refractivity contribution >= 4 is 39.7 Å². The van der Waals surface area contributed by atoms with Crippen molar-refractivity contribution in [3.63, 3.8) is 0 Å². The summed E-state index contributed by atoms with van der Waals surface area (Å²) in [6.45, 7) is -0.0930. The van der Waals surface area contributed by atoms with Crippen molar-refractivity contribution in [1.29, 1.82) is 0 Å². The summed E-state index contributed by atoms with van der Waals surface area (Å²) in [7, 11) is 0. The van der Waals surface area contributed by atoms with E-state index in [0.29, 0.717) is 10.8 Å². The Morgan fingerprint density at radius 2 is 2.12 bits per heavy atom. The lowest BCUT2D eigenvalue weighted by atomic mass is 9.92. The molecule has 1 amide bonds. The van der Waals surface area contributed by atoms with E-state index in [1.54, 1.807) is 18.3 Å². The predicted molar refractivity (Wildman–Crippen MR) is 103 cm³/mol. The lowest BCUT2D eigenvalue weighted by Gasteiger charge is -2.19. The van der Waals surface area contributed by atoms with Crippen molar-refractivity contribution in [2.45, 2.75) is 25.7 Å². The van der Waals surface area contributed by atoms with Gasteiger partial charge in [0, 0.05) is 5.02 Å². The van der Waals surface area contributed by atoms with Crippen LogP contribution in [0.4, 0.5) is 0 Å². The highest BCUT2D eigenvalue weighted by Crippen LogP contribution is 2.35. The Morgan fingerprint density at radius 3 is 2.96 bits per heavy atom. The van der Waals surface area contributed by atoms with Gasteiger partial charge >= 0.3 is 0 Å². The molecule has 6 heteroatoms. The Morgan fingerprint density at radius 1 is 1.28 bits per heavy atom. The van der Waals surface area contributed by atoms with Gasteiger partial charge in [-0.1, -0.05) is 29.8 Å².